The summed E-state index contributed by atoms with van der Waals surface area (Å²) in [7, 11) is 0. The van der Waals surface area contributed by atoms with Crippen LogP contribution in [-0.2, 0) is 0 Å². The first-order valence-corrected chi connectivity index (χ1v) is 9.21. The van der Waals surface area contributed by atoms with Gasteiger partial charge in [-0.25, -0.2) is 0 Å². The van der Waals surface area contributed by atoms with Crippen LogP contribution in [0.2, 0.25) is 0 Å². The third kappa shape index (κ3) is 4.14. The van der Waals surface area contributed by atoms with E-state index in [0.717, 1.165) is 24.9 Å². The topological polar surface area (TPSA) is 27.6 Å². The molecule has 1 saturated heterocycles. The molecule has 0 bridgehead atoms. The summed E-state index contributed by atoms with van der Waals surface area (Å²) >= 11 is 1.98. The maximum Gasteiger partial charge on any atom is 0.156 e. The number of thioether (sulfide) groups is 1. The number of rotatable bonds is 6. The maximum absolute atomic E-state index is 4.70. The van der Waals surface area contributed by atoms with Gasteiger partial charge in [0.05, 0.1) is 6.54 Å². The Morgan fingerprint density at radius 1 is 1.35 bits per heavy atom. The molecular weight excluding hydrogens is 266 g/mol. The van der Waals surface area contributed by atoms with E-state index in [4.69, 9.17) is 4.99 Å². The summed E-state index contributed by atoms with van der Waals surface area (Å²) in [6, 6.07) is 0.692. The van der Waals surface area contributed by atoms with E-state index in [-0.39, 0.29) is 0 Å². The van der Waals surface area contributed by atoms with Gasteiger partial charge in [0.15, 0.2) is 5.17 Å². The molecule has 4 heteroatoms. The highest BCUT2D eigenvalue weighted by Gasteiger charge is 2.28. The second-order valence-electron chi connectivity index (χ2n) is 6.50. The molecule has 2 aliphatic heterocycles. The maximum atomic E-state index is 4.70. The van der Waals surface area contributed by atoms with Crippen LogP contribution >= 0.6 is 11.8 Å². The highest BCUT2D eigenvalue weighted by atomic mass is 32.2. The number of likely N-dealkylation sites (tertiary alicyclic amines) is 1. The lowest BCUT2D eigenvalue weighted by Crippen LogP contribution is -2.32. The summed E-state index contributed by atoms with van der Waals surface area (Å²) in [5, 5.41) is 5.51. The summed E-state index contributed by atoms with van der Waals surface area (Å²) in [6.07, 6.45) is 3.89. The molecule has 0 aromatic rings. The minimum absolute atomic E-state index is 0.692. The summed E-state index contributed by atoms with van der Waals surface area (Å²) < 4.78 is 0. The number of hydrogen-bond donors (Lipinski definition) is 1. The fourth-order valence-corrected chi connectivity index (χ4v) is 4.61. The lowest BCUT2D eigenvalue weighted by Gasteiger charge is -2.21. The normalized spacial score (nSPS) is 27.6. The molecule has 2 unspecified atom stereocenters. The van der Waals surface area contributed by atoms with Crippen LogP contribution in [0.25, 0.3) is 0 Å². The van der Waals surface area contributed by atoms with Crippen LogP contribution in [0.3, 0.4) is 0 Å². The van der Waals surface area contributed by atoms with Crippen LogP contribution in [0, 0.1) is 11.8 Å². The lowest BCUT2D eigenvalue weighted by molar-refractivity contribution is 0.265. The molecule has 20 heavy (non-hydrogen) atoms. The van der Waals surface area contributed by atoms with Crippen LogP contribution in [-0.4, -0.2) is 47.5 Å². The smallest absolute Gasteiger partial charge is 0.156 e. The van der Waals surface area contributed by atoms with E-state index in [1.807, 2.05) is 11.8 Å². The third-order valence-electron chi connectivity index (χ3n) is 4.84. The molecule has 0 aromatic heterocycles. The van der Waals surface area contributed by atoms with E-state index in [0.29, 0.717) is 11.3 Å². The molecule has 0 spiro atoms. The van der Waals surface area contributed by atoms with Crippen molar-refractivity contribution in [1.82, 2.24) is 10.2 Å². The molecule has 1 fully saturated rings. The number of aliphatic imine (C=N–C) groups is 1. The van der Waals surface area contributed by atoms with Crippen molar-refractivity contribution in [3.8, 4) is 0 Å². The van der Waals surface area contributed by atoms with Crippen molar-refractivity contribution < 1.29 is 0 Å². The van der Waals surface area contributed by atoms with Crippen LogP contribution in [0.15, 0.2) is 4.99 Å². The van der Waals surface area contributed by atoms with Gasteiger partial charge < -0.3 is 10.2 Å². The molecule has 1 N–H and O–H groups in total. The molecular formula is C16H31N3S. The SMILES string of the molecule is CCC(CC)C1CN=C(NCC2CCN(C(C)C)C2)S1. The third-order valence-corrected chi connectivity index (χ3v) is 6.18. The Kier molecular flexibility index (Phi) is 6.21. The predicted octanol–water partition coefficient (Wildman–Crippen LogP) is 3.21. The van der Waals surface area contributed by atoms with Gasteiger partial charge in [-0.05, 0) is 38.6 Å². The first kappa shape index (κ1) is 16.2. The Morgan fingerprint density at radius 3 is 2.70 bits per heavy atom. The highest BCUT2D eigenvalue weighted by Crippen LogP contribution is 2.30. The van der Waals surface area contributed by atoms with E-state index >= 15 is 0 Å². The molecule has 3 nitrogen and oxygen atoms in total. The van der Waals surface area contributed by atoms with Crippen molar-refractivity contribution in [2.24, 2.45) is 16.8 Å². The minimum atomic E-state index is 0.692. The van der Waals surface area contributed by atoms with Gasteiger partial charge >= 0.3 is 0 Å². The van der Waals surface area contributed by atoms with Crippen molar-refractivity contribution in [1.29, 1.82) is 0 Å². The zero-order valence-electron chi connectivity index (χ0n) is 13.6. The van der Waals surface area contributed by atoms with Crippen LogP contribution in [0.1, 0.15) is 47.0 Å². The molecule has 2 aliphatic rings. The van der Waals surface area contributed by atoms with E-state index in [2.05, 4.69) is 37.9 Å². The summed E-state index contributed by atoms with van der Waals surface area (Å²) in [5.74, 6) is 1.62. The van der Waals surface area contributed by atoms with E-state index in [1.54, 1.807) is 0 Å². The number of amidine groups is 1. The zero-order chi connectivity index (χ0) is 14.5. The molecule has 0 aliphatic carbocycles. The standard InChI is InChI=1S/C16H31N3S/c1-5-14(6-2)15-10-18-16(20-15)17-9-13-7-8-19(11-13)12(3)4/h12-15H,5-11H2,1-4H3,(H,17,18). The predicted molar refractivity (Wildman–Crippen MR) is 90.6 cm³/mol. The van der Waals surface area contributed by atoms with Crippen molar-refractivity contribution >= 4 is 16.9 Å². The molecule has 0 saturated carbocycles. The summed E-state index contributed by atoms with van der Waals surface area (Å²) in [5.41, 5.74) is 0. The zero-order valence-corrected chi connectivity index (χ0v) is 14.4. The van der Waals surface area contributed by atoms with Crippen molar-refractivity contribution in [3.05, 3.63) is 0 Å². The lowest BCUT2D eigenvalue weighted by atomic mass is 9.99. The van der Waals surface area contributed by atoms with Crippen LogP contribution in [0.4, 0.5) is 0 Å². The first-order chi connectivity index (χ1) is 9.63. The van der Waals surface area contributed by atoms with Crippen LogP contribution in [0.5, 0.6) is 0 Å². The second-order valence-corrected chi connectivity index (χ2v) is 7.73. The number of hydrogen-bond acceptors (Lipinski definition) is 4. The Labute approximate surface area is 129 Å². The molecule has 116 valence electrons. The van der Waals surface area contributed by atoms with Crippen molar-refractivity contribution in [3.63, 3.8) is 0 Å². The fraction of sp³-hybridized carbons (Fsp3) is 0.938. The Morgan fingerprint density at radius 2 is 2.10 bits per heavy atom. The van der Waals surface area contributed by atoms with Gasteiger partial charge in [-0.1, -0.05) is 38.5 Å². The van der Waals surface area contributed by atoms with Gasteiger partial charge in [-0.15, -0.1) is 0 Å². The molecule has 2 heterocycles. The average Bonchev–Trinajstić information content (AvgIpc) is 3.07. The molecule has 0 amide bonds. The number of nitrogens with zero attached hydrogens (tertiary/aromatic N) is 2. The number of nitrogens with one attached hydrogen (secondary N) is 1. The van der Waals surface area contributed by atoms with Crippen molar-refractivity contribution in [2.45, 2.75) is 58.2 Å². The first-order valence-electron chi connectivity index (χ1n) is 8.33. The monoisotopic (exact) mass is 297 g/mol. The molecule has 2 rings (SSSR count). The Balaban J connectivity index is 1.69. The van der Waals surface area contributed by atoms with Gasteiger partial charge in [-0.2, -0.15) is 0 Å². The Bertz CT molecular complexity index is 326. The van der Waals surface area contributed by atoms with E-state index < -0.39 is 0 Å². The van der Waals surface area contributed by atoms with Gasteiger partial charge in [0, 0.05) is 24.4 Å². The molecule has 0 radical (unpaired) electrons. The van der Waals surface area contributed by atoms with Gasteiger partial charge in [0.1, 0.15) is 0 Å². The molecule has 2 atom stereocenters. The summed E-state index contributed by atoms with van der Waals surface area (Å²) in [4.78, 5) is 7.29. The quantitative estimate of drug-likeness (QED) is 0.816. The fourth-order valence-electron chi connectivity index (χ4n) is 3.28. The average molecular weight is 298 g/mol. The minimum Gasteiger partial charge on any atom is -0.365 e. The largest absolute Gasteiger partial charge is 0.365 e. The Hall–Kier alpha value is -0.220. The molecule has 0 aromatic carbocycles. The summed E-state index contributed by atoms with van der Waals surface area (Å²) in [6.45, 7) is 13.8. The second kappa shape index (κ2) is 7.69. The van der Waals surface area contributed by atoms with Crippen molar-refractivity contribution in [2.75, 3.05) is 26.2 Å². The van der Waals surface area contributed by atoms with E-state index in [1.165, 1.54) is 37.5 Å². The van der Waals surface area contributed by atoms with E-state index in [9.17, 15) is 0 Å². The van der Waals surface area contributed by atoms with Gasteiger partial charge in [0.25, 0.3) is 0 Å². The van der Waals surface area contributed by atoms with Crippen LogP contribution < -0.4 is 5.32 Å². The highest BCUT2D eigenvalue weighted by molar-refractivity contribution is 8.14. The van der Waals surface area contributed by atoms with Gasteiger partial charge in [0.2, 0.25) is 0 Å². The van der Waals surface area contributed by atoms with Gasteiger partial charge in [-0.3, -0.25) is 4.99 Å².